The predicted molar refractivity (Wildman–Crippen MR) is 116 cm³/mol. The minimum Gasteiger partial charge on any atom is -0.302 e. The van der Waals surface area contributed by atoms with Gasteiger partial charge in [0.15, 0.2) is 0 Å². The number of nitrogens with zero attached hydrogens (tertiary/aromatic N) is 3. The Morgan fingerprint density at radius 1 is 1.06 bits per heavy atom. The summed E-state index contributed by atoms with van der Waals surface area (Å²) >= 11 is 6.32. The maximum Gasteiger partial charge on any atom is 0.266 e. The zero-order valence-electron chi connectivity index (χ0n) is 16.3. The lowest BCUT2D eigenvalue weighted by molar-refractivity contribution is -0.116. The molecule has 0 N–H and O–H groups in total. The molecule has 0 saturated carbocycles. The number of carbonyl (C=O) groups excluding carboxylic acids is 1. The molecule has 0 aliphatic rings. The van der Waals surface area contributed by atoms with E-state index in [0.717, 1.165) is 6.07 Å². The first-order chi connectivity index (χ1) is 14.9. The maximum atomic E-state index is 14.4. The third-order valence-corrected chi connectivity index (χ3v) is 5.14. The van der Waals surface area contributed by atoms with Gasteiger partial charge in [-0.15, -0.1) is 0 Å². The second kappa shape index (κ2) is 8.28. The van der Waals surface area contributed by atoms with Crippen LogP contribution in [0.2, 0.25) is 5.02 Å². The second-order valence-corrected chi connectivity index (χ2v) is 7.25. The molecule has 156 valence electrons. The maximum absolute atomic E-state index is 14.4. The molecule has 4 rings (SSSR count). The summed E-state index contributed by atoms with van der Waals surface area (Å²) in [5, 5.41) is 0.326. The minimum atomic E-state index is -0.591. The van der Waals surface area contributed by atoms with Crippen LogP contribution < -0.4 is 10.5 Å². The number of amides is 1. The van der Waals surface area contributed by atoms with E-state index in [0.29, 0.717) is 5.69 Å². The van der Waals surface area contributed by atoms with Gasteiger partial charge >= 0.3 is 0 Å². The third-order valence-electron chi connectivity index (χ3n) is 4.82. The Morgan fingerprint density at radius 3 is 2.48 bits per heavy atom. The van der Waals surface area contributed by atoms with Gasteiger partial charge in [-0.1, -0.05) is 35.9 Å². The molecule has 0 saturated heterocycles. The van der Waals surface area contributed by atoms with Crippen molar-refractivity contribution in [2.75, 3.05) is 4.90 Å². The van der Waals surface area contributed by atoms with E-state index in [9.17, 15) is 18.4 Å². The second-order valence-electron chi connectivity index (χ2n) is 6.84. The van der Waals surface area contributed by atoms with Crippen molar-refractivity contribution in [3.8, 4) is 5.69 Å². The summed E-state index contributed by atoms with van der Waals surface area (Å²) in [7, 11) is 0. The molecule has 0 spiro atoms. The van der Waals surface area contributed by atoms with Crippen LogP contribution in [-0.4, -0.2) is 15.5 Å². The Kier molecular flexibility index (Phi) is 5.52. The van der Waals surface area contributed by atoms with E-state index in [1.807, 2.05) is 0 Å². The van der Waals surface area contributed by atoms with Crippen molar-refractivity contribution < 1.29 is 13.6 Å². The highest BCUT2D eigenvalue weighted by Crippen LogP contribution is 2.25. The number of anilines is 1. The fourth-order valence-corrected chi connectivity index (χ4v) is 3.59. The van der Waals surface area contributed by atoms with Gasteiger partial charge in [0.2, 0.25) is 5.91 Å². The Morgan fingerprint density at radius 2 is 1.77 bits per heavy atom. The van der Waals surface area contributed by atoms with E-state index in [4.69, 9.17) is 11.6 Å². The number of para-hydroxylation sites is 2. The summed E-state index contributed by atoms with van der Waals surface area (Å²) in [6.45, 7) is 1.09. The summed E-state index contributed by atoms with van der Waals surface area (Å²) in [5.41, 5.74) is 0.0698. The topological polar surface area (TPSA) is 55.2 Å². The van der Waals surface area contributed by atoms with Crippen LogP contribution in [-0.2, 0) is 11.3 Å². The van der Waals surface area contributed by atoms with Gasteiger partial charge in [0.1, 0.15) is 17.5 Å². The highest BCUT2D eigenvalue weighted by molar-refractivity contribution is 6.32. The average molecular weight is 440 g/mol. The van der Waals surface area contributed by atoms with Gasteiger partial charge in [0.25, 0.3) is 5.56 Å². The van der Waals surface area contributed by atoms with Gasteiger partial charge < -0.3 is 4.90 Å². The number of hydrogen-bond donors (Lipinski definition) is 0. The van der Waals surface area contributed by atoms with Crippen LogP contribution in [0.3, 0.4) is 0 Å². The normalized spacial score (nSPS) is 11.0. The Hall–Kier alpha value is -3.58. The Bertz CT molecular complexity index is 1370. The van der Waals surface area contributed by atoms with Crippen LogP contribution in [0.4, 0.5) is 14.5 Å². The summed E-state index contributed by atoms with van der Waals surface area (Å²) in [6.07, 6.45) is 0. The molecule has 0 atom stereocenters. The fraction of sp³-hybridized carbons (Fsp3) is 0.0870. The zero-order valence-corrected chi connectivity index (χ0v) is 17.1. The van der Waals surface area contributed by atoms with E-state index >= 15 is 0 Å². The van der Waals surface area contributed by atoms with Gasteiger partial charge in [0, 0.05) is 6.92 Å². The van der Waals surface area contributed by atoms with Gasteiger partial charge in [-0.2, -0.15) is 0 Å². The number of carbonyl (C=O) groups is 1. The molecule has 0 aliphatic heterocycles. The molecule has 1 amide bonds. The molecule has 0 unspecified atom stereocenters. The minimum absolute atomic E-state index is 0.0501. The van der Waals surface area contributed by atoms with Crippen LogP contribution in [0, 0.1) is 11.6 Å². The lowest BCUT2D eigenvalue weighted by Crippen LogP contribution is -2.33. The van der Waals surface area contributed by atoms with Gasteiger partial charge in [-0.25, -0.2) is 13.8 Å². The van der Waals surface area contributed by atoms with Crippen LogP contribution in [0.1, 0.15) is 12.7 Å². The van der Waals surface area contributed by atoms with E-state index < -0.39 is 23.1 Å². The molecule has 1 aromatic heterocycles. The standard InChI is InChI=1S/C23H16ClF2N3O2/c1-14(30)28(21-9-5-3-7-18(21)26)13-22-27-19-11-10-15(25)12-16(19)23(31)29(22)20-8-4-2-6-17(20)24/h2-12H,13H2,1H3. The summed E-state index contributed by atoms with van der Waals surface area (Å²) in [5.74, 6) is -1.46. The van der Waals surface area contributed by atoms with E-state index in [1.54, 1.807) is 30.3 Å². The van der Waals surface area contributed by atoms with Crippen molar-refractivity contribution in [1.29, 1.82) is 0 Å². The first kappa shape index (κ1) is 20.7. The van der Waals surface area contributed by atoms with Crippen LogP contribution in [0.15, 0.2) is 71.5 Å². The first-order valence-electron chi connectivity index (χ1n) is 9.35. The van der Waals surface area contributed by atoms with E-state index in [-0.39, 0.29) is 34.0 Å². The SMILES string of the molecule is CC(=O)N(Cc1nc2ccc(F)cc2c(=O)n1-c1ccccc1Cl)c1ccccc1F. The molecule has 0 bridgehead atoms. The van der Waals surface area contributed by atoms with E-state index in [1.165, 1.54) is 46.7 Å². The molecule has 8 heteroatoms. The number of hydrogen-bond acceptors (Lipinski definition) is 3. The van der Waals surface area contributed by atoms with Crippen molar-refractivity contribution in [3.63, 3.8) is 0 Å². The van der Waals surface area contributed by atoms with Crippen molar-refractivity contribution >= 4 is 34.1 Å². The van der Waals surface area contributed by atoms with Crippen LogP contribution in [0.25, 0.3) is 16.6 Å². The fourth-order valence-electron chi connectivity index (χ4n) is 3.37. The number of benzene rings is 3. The highest BCUT2D eigenvalue weighted by Gasteiger charge is 2.21. The predicted octanol–water partition coefficient (Wildman–Crippen LogP) is 4.87. The monoisotopic (exact) mass is 439 g/mol. The molecule has 0 fully saturated rings. The van der Waals surface area contributed by atoms with Gasteiger partial charge in [0.05, 0.1) is 33.8 Å². The summed E-state index contributed by atoms with van der Waals surface area (Å²) < 4.78 is 29.5. The van der Waals surface area contributed by atoms with Crippen molar-refractivity contribution in [2.24, 2.45) is 0 Å². The molecular formula is C23H16ClF2N3O2. The summed E-state index contributed by atoms with van der Waals surface area (Å²) in [4.78, 5) is 31.4. The number of rotatable bonds is 4. The molecule has 1 heterocycles. The van der Waals surface area contributed by atoms with E-state index in [2.05, 4.69) is 4.98 Å². The van der Waals surface area contributed by atoms with Crippen LogP contribution >= 0.6 is 11.6 Å². The molecule has 5 nitrogen and oxygen atoms in total. The van der Waals surface area contributed by atoms with Crippen molar-refractivity contribution in [3.05, 3.63) is 99.6 Å². The smallest absolute Gasteiger partial charge is 0.266 e. The van der Waals surface area contributed by atoms with Gasteiger partial charge in [-0.05, 0) is 42.5 Å². The van der Waals surface area contributed by atoms with Gasteiger partial charge in [-0.3, -0.25) is 14.2 Å². The number of fused-ring (bicyclic) bond motifs is 1. The quantitative estimate of drug-likeness (QED) is 0.456. The molecule has 4 aromatic rings. The largest absolute Gasteiger partial charge is 0.302 e. The Balaban J connectivity index is 1.98. The lowest BCUT2D eigenvalue weighted by Gasteiger charge is -2.23. The molecule has 0 aliphatic carbocycles. The highest BCUT2D eigenvalue weighted by atomic mass is 35.5. The Labute approximate surface area is 181 Å². The van der Waals surface area contributed by atoms with Crippen molar-refractivity contribution in [1.82, 2.24) is 9.55 Å². The third kappa shape index (κ3) is 3.92. The first-order valence-corrected chi connectivity index (χ1v) is 9.73. The summed E-state index contributed by atoms with van der Waals surface area (Å²) in [6, 6.07) is 16.1. The lowest BCUT2D eigenvalue weighted by atomic mass is 10.2. The zero-order chi connectivity index (χ0) is 22.1. The average Bonchev–Trinajstić information content (AvgIpc) is 2.74. The molecule has 31 heavy (non-hydrogen) atoms. The number of halogens is 3. The molecular weight excluding hydrogens is 424 g/mol. The van der Waals surface area contributed by atoms with Crippen molar-refractivity contribution in [2.45, 2.75) is 13.5 Å². The van der Waals surface area contributed by atoms with Crippen LogP contribution in [0.5, 0.6) is 0 Å². The molecule has 0 radical (unpaired) electrons. The molecule has 3 aromatic carbocycles. The number of aromatic nitrogens is 2.